The molecule has 0 saturated carbocycles. The van der Waals surface area contributed by atoms with Gasteiger partial charge in [-0.25, -0.2) is 22.5 Å². The first-order chi connectivity index (χ1) is 13.0. The fourth-order valence-electron chi connectivity index (χ4n) is 3.69. The minimum absolute atomic E-state index is 0.0401. The highest BCUT2D eigenvalue weighted by atomic mass is 35.5. The zero-order valence-electron chi connectivity index (χ0n) is 16.4. The van der Waals surface area contributed by atoms with Crippen LogP contribution in [0.4, 0.5) is 16.0 Å². The molecule has 0 amide bonds. The van der Waals surface area contributed by atoms with Gasteiger partial charge in [-0.2, -0.15) is 5.10 Å². The van der Waals surface area contributed by atoms with Crippen molar-refractivity contribution in [2.45, 2.75) is 35.6 Å². The summed E-state index contributed by atoms with van der Waals surface area (Å²) in [7, 11) is 1.47. The molecule has 10 heteroatoms. The van der Waals surface area contributed by atoms with E-state index in [0.717, 1.165) is 17.8 Å². The van der Waals surface area contributed by atoms with Crippen LogP contribution in [-0.4, -0.2) is 56.5 Å². The molecule has 3 rings (SSSR count). The van der Waals surface area contributed by atoms with Crippen LogP contribution in [0.25, 0.3) is 0 Å². The number of aromatic nitrogens is 2. The molecule has 1 aliphatic rings. The van der Waals surface area contributed by atoms with E-state index in [1.807, 2.05) is 32.8 Å². The summed E-state index contributed by atoms with van der Waals surface area (Å²) in [4.78, 5) is 6.39. The average molecular weight is 428 g/mol. The van der Waals surface area contributed by atoms with E-state index in [4.69, 9.17) is 11.6 Å². The molecular formula is C18H23ClFN5O2S. The largest absolute Gasteiger partial charge is 0.371 e. The minimum atomic E-state index is -4.04. The highest BCUT2D eigenvalue weighted by molar-refractivity contribution is 7.91. The third kappa shape index (κ3) is 3.42. The Labute approximate surface area is 169 Å². The Bertz CT molecular complexity index is 1060. The molecule has 0 radical (unpaired) electrons. The van der Waals surface area contributed by atoms with Crippen molar-refractivity contribution in [3.05, 3.63) is 29.0 Å². The number of nitrogens with zero attached hydrogens (tertiary/aromatic N) is 4. The van der Waals surface area contributed by atoms with Gasteiger partial charge in [0.1, 0.15) is 5.82 Å². The molecular weight excluding hydrogens is 405 g/mol. The van der Waals surface area contributed by atoms with Crippen molar-refractivity contribution >= 4 is 38.8 Å². The van der Waals surface area contributed by atoms with E-state index < -0.39 is 21.2 Å². The first-order valence-electron chi connectivity index (χ1n) is 8.70. The van der Waals surface area contributed by atoms with Gasteiger partial charge in [-0.15, -0.1) is 0 Å². The van der Waals surface area contributed by atoms with Crippen molar-refractivity contribution in [2.75, 3.05) is 33.0 Å². The quantitative estimate of drug-likeness (QED) is 0.740. The van der Waals surface area contributed by atoms with Crippen LogP contribution < -0.4 is 5.32 Å². The summed E-state index contributed by atoms with van der Waals surface area (Å²) in [5.41, 5.74) is 0.345. The SMILES string of the molecule is CNc1nn2c(c1S(=O)(=O)c1ccc(F)c(Cl)c1)N=C(C)CC2(C)CN(C)C. The Hall–Kier alpha value is -1.97. The predicted molar refractivity (Wildman–Crippen MR) is 108 cm³/mol. The summed E-state index contributed by atoms with van der Waals surface area (Å²) in [6, 6.07) is 3.33. The monoisotopic (exact) mass is 427 g/mol. The number of benzene rings is 1. The Morgan fingerprint density at radius 3 is 2.64 bits per heavy atom. The normalized spacial score (nSPS) is 19.5. The number of anilines is 1. The molecule has 1 unspecified atom stereocenters. The van der Waals surface area contributed by atoms with Gasteiger partial charge >= 0.3 is 0 Å². The van der Waals surface area contributed by atoms with Gasteiger partial charge < -0.3 is 10.2 Å². The Kier molecular flexibility index (Phi) is 5.28. The second-order valence-electron chi connectivity index (χ2n) is 7.50. The summed E-state index contributed by atoms with van der Waals surface area (Å²) in [6.45, 7) is 4.54. The summed E-state index contributed by atoms with van der Waals surface area (Å²) in [5, 5.41) is 7.13. The van der Waals surface area contributed by atoms with Crippen LogP contribution in [0.1, 0.15) is 20.3 Å². The second kappa shape index (κ2) is 7.13. The zero-order valence-corrected chi connectivity index (χ0v) is 18.0. The fraction of sp³-hybridized carbons (Fsp3) is 0.444. The number of halogens is 2. The lowest BCUT2D eigenvalue weighted by Crippen LogP contribution is -2.44. The lowest BCUT2D eigenvalue weighted by molar-refractivity contribution is 0.207. The maximum absolute atomic E-state index is 13.5. The average Bonchev–Trinajstić information content (AvgIpc) is 2.96. The molecule has 0 spiro atoms. The van der Waals surface area contributed by atoms with E-state index >= 15 is 0 Å². The van der Waals surface area contributed by atoms with Gasteiger partial charge in [0.15, 0.2) is 16.5 Å². The van der Waals surface area contributed by atoms with Crippen molar-refractivity contribution in [3.63, 3.8) is 0 Å². The fourth-order valence-corrected chi connectivity index (χ4v) is 5.46. The van der Waals surface area contributed by atoms with Crippen LogP contribution in [0.3, 0.4) is 0 Å². The molecule has 0 aliphatic carbocycles. The second-order valence-corrected chi connectivity index (χ2v) is 9.79. The van der Waals surface area contributed by atoms with Crippen LogP contribution in [-0.2, 0) is 15.4 Å². The standard InChI is InChI=1S/C18H23ClFN5O2S/c1-11-9-18(2,10-24(4)5)25-17(22-11)15(16(21-3)23-25)28(26,27)12-6-7-14(20)13(19)8-12/h6-8H,9-10H2,1-5H3,(H,21,23). The maximum atomic E-state index is 13.5. The highest BCUT2D eigenvalue weighted by Gasteiger charge is 2.40. The van der Waals surface area contributed by atoms with Gasteiger partial charge in [0, 0.05) is 25.7 Å². The van der Waals surface area contributed by atoms with Gasteiger partial charge in [-0.3, -0.25) is 0 Å². The molecule has 1 aromatic carbocycles. The van der Waals surface area contributed by atoms with Crippen molar-refractivity contribution in [1.82, 2.24) is 14.7 Å². The van der Waals surface area contributed by atoms with Gasteiger partial charge in [0.25, 0.3) is 0 Å². The molecule has 0 saturated heterocycles. The smallest absolute Gasteiger partial charge is 0.214 e. The van der Waals surface area contributed by atoms with Gasteiger partial charge in [0.2, 0.25) is 9.84 Å². The topological polar surface area (TPSA) is 79.6 Å². The molecule has 1 aliphatic heterocycles. The third-order valence-electron chi connectivity index (χ3n) is 4.63. The van der Waals surface area contributed by atoms with Crippen molar-refractivity contribution < 1.29 is 12.8 Å². The maximum Gasteiger partial charge on any atom is 0.214 e. The lowest BCUT2D eigenvalue weighted by atomic mass is 9.93. The van der Waals surface area contributed by atoms with Crippen LogP contribution in [0, 0.1) is 5.82 Å². The van der Waals surface area contributed by atoms with Crippen LogP contribution >= 0.6 is 11.6 Å². The van der Waals surface area contributed by atoms with E-state index in [-0.39, 0.29) is 26.4 Å². The van der Waals surface area contributed by atoms with Gasteiger partial charge in [0.05, 0.1) is 15.5 Å². The summed E-state index contributed by atoms with van der Waals surface area (Å²) >= 11 is 5.82. The number of fused-ring (bicyclic) bond motifs is 1. The molecule has 1 aromatic heterocycles. The Morgan fingerprint density at radius 2 is 2.07 bits per heavy atom. The number of hydrogen-bond acceptors (Lipinski definition) is 6. The first-order valence-corrected chi connectivity index (χ1v) is 10.6. The molecule has 1 N–H and O–H groups in total. The van der Waals surface area contributed by atoms with Crippen molar-refractivity contribution in [2.24, 2.45) is 4.99 Å². The van der Waals surface area contributed by atoms with Crippen molar-refractivity contribution in [3.8, 4) is 0 Å². The molecule has 28 heavy (non-hydrogen) atoms. The van der Waals surface area contributed by atoms with Crippen LogP contribution in [0.5, 0.6) is 0 Å². The predicted octanol–water partition coefficient (Wildman–Crippen LogP) is 3.32. The van der Waals surface area contributed by atoms with E-state index in [0.29, 0.717) is 13.0 Å². The molecule has 152 valence electrons. The number of aliphatic imine (C=N–C) groups is 1. The summed E-state index contributed by atoms with van der Waals surface area (Å²) in [5.74, 6) is -0.226. The Balaban J connectivity index is 2.27. The Morgan fingerprint density at radius 1 is 1.39 bits per heavy atom. The van der Waals surface area contributed by atoms with E-state index in [1.165, 1.54) is 6.07 Å². The van der Waals surface area contributed by atoms with Gasteiger partial charge in [-0.1, -0.05) is 11.6 Å². The molecule has 2 aromatic rings. The van der Waals surface area contributed by atoms with Gasteiger partial charge in [-0.05, 0) is 46.1 Å². The van der Waals surface area contributed by atoms with E-state index in [2.05, 4.69) is 15.4 Å². The summed E-state index contributed by atoms with van der Waals surface area (Å²) < 4.78 is 42.0. The first kappa shape index (κ1) is 20.8. The number of nitrogens with one attached hydrogen (secondary N) is 1. The number of hydrogen-bond donors (Lipinski definition) is 1. The van der Waals surface area contributed by atoms with Crippen LogP contribution in [0.2, 0.25) is 5.02 Å². The lowest BCUT2D eigenvalue weighted by Gasteiger charge is -2.36. The molecule has 0 bridgehead atoms. The number of rotatable bonds is 5. The van der Waals surface area contributed by atoms with E-state index in [9.17, 15) is 12.8 Å². The number of sulfone groups is 1. The minimum Gasteiger partial charge on any atom is -0.371 e. The number of likely N-dealkylation sites (N-methyl/N-ethyl adjacent to an activating group) is 1. The van der Waals surface area contributed by atoms with Crippen molar-refractivity contribution in [1.29, 1.82) is 0 Å². The van der Waals surface area contributed by atoms with E-state index in [1.54, 1.807) is 11.7 Å². The van der Waals surface area contributed by atoms with Crippen LogP contribution in [0.15, 0.2) is 33.0 Å². The molecule has 7 nitrogen and oxygen atoms in total. The molecule has 0 fully saturated rings. The third-order valence-corrected chi connectivity index (χ3v) is 6.70. The molecule has 1 atom stereocenters. The molecule has 2 heterocycles. The highest BCUT2D eigenvalue weighted by Crippen LogP contribution is 2.42. The zero-order chi connectivity index (χ0) is 20.9. The summed E-state index contributed by atoms with van der Waals surface area (Å²) in [6.07, 6.45) is 0.644.